The van der Waals surface area contributed by atoms with Crippen LogP contribution in [-0.2, 0) is 11.4 Å². The number of Topliss-reactive ketones (excluding diaryl/α,β-unsaturated/α-hetero) is 1. The molecule has 0 bridgehead atoms. The van der Waals surface area contributed by atoms with Gasteiger partial charge >= 0.3 is 0 Å². The summed E-state index contributed by atoms with van der Waals surface area (Å²) in [6, 6.07) is 14.9. The fourth-order valence-electron chi connectivity index (χ4n) is 2.90. The number of nitrogens with zero attached hydrogens (tertiary/aromatic N) is 1. The highest BCUT2D eigenvalue weighted by atomic mass is 16.5. The molecule has 0 aliphatic rings. The van der Waals surface area contributed by atoms with Gasteiger partial charge in [0.2, 0.25) is 5.91 Å². The molecule has 1 heterocycles. The zero-order valence-corrected chi connectivity index (χ0v) is 15.5. The first-order chi connectivity index (χ1) is 13.1. The van der Waals surface area contributed by atoms with Gasteiger partial charge in [-0.15, -0.1) is 0 Å². The number of benzene rings is 2. The molecule has 1 N–H and O–H groups in total. The summed E-state index contributed by atoms with van der Waals surface area (Å²) in [4.78, 5) is 28.2. The van der Waals surface area contributed by atoms with Crippen LogP contribution in [0.1, 0.15) is 42.6 Å². The first kappa shape index (κ1) is 18.6. The minimum atomic E-state index is -0.118. The number of ketones is 1. The smallest absolute Gasteiger partial charge is 0.224 e. The average Bonchev–Trinajstić information content (AvgIpc) is 2.67. The SMILES string of the molecule is CCCC(=O)Nc1ccc(OCc2cccc3cccnc23)c(C(C)=O)c1. The number of hydrogen-bond acceptors (Lipinski definition) is 4. The van der Waals surface area contributed by atoms with Gasteiger partial charge in [0.1, 0.15) is 12.4 Å². The molecule has 0 aliphatic heterocycles. The number of para-hydroxylation sites is 1. The van der Waals surface area contributed by atoms with Gasteiger partial charge in [-0.25, -0.2) is 0 Å². The lowest BCUT2D eigenvalue weighted by Crippen LogP contribution is -2.11. The third kappa shape index (κ3) is 4.50. The zero-order valence-electron chi connectivity index (χ0n) is 15.5. The van der Waals surface area contributed by atoms with Crippen molar-refractivity contribution in [2.24, 2.45) is 0 Å². The topological polar surface area (TPSA) is 68.3 Å². The Morgan fingerprint density at radius 2 is 1.93 bits per heavy atom. The molecule has 5 nitrogen and oxygen atoms in total. The van der Waals surface area contributed by atoms with Crippen LogP contribution < -0.4 is 10.1 Å². The van der Waals surface area contributed by atoms with Crippen LogP contribution in [0.25, 0.3) is 10.9 Å². The van der Waals surface area contributed by atoms with Gasteiger partial charge in [0, 0.05) is 29.3 Å². The molecule has 138 valence electrons. The lowest BCUT2D eigenvalue weighted by atomic mass is 10.1. The molecule has 5 heteroatoms. The van der Waals surface area contributed by atoms with Crippen molar-refractivity contribution in [2.45, 2.75) is 33.3 Å². The maximum atomic E-state index is 12.0. The average molecular weight is 362 g/mol. The van der Waals surface area contributed by atoms with Crippen molar-refractivity contribution < 1.29 is 14.3 Å². The molecule has 3 rings (SSSR count). The van der Waals surface area contributed by atoms with Gasteiger partial charge in [-0.2, -0.15) is 0 Å². The summed E-state index contributed by atoms with van der Waals surface area (Å²) < 4.78 is 5.93. The number of fused-ring (bicyclic) bond motifs is 1. The number of aromatic nitrogens is 1. The van der Waals surface area contributed by atoms with Crippen molar-refractivity contribution in [3.8, 4) is 5.75 Å². The number of rotatable bonds is 7. The van der Waals surface area contributed by atoms with Crippen LogP contribution in [-0.4, -0.2) is 16.7 Å². The van der Waals surface area contributed by atoms with Crippen LogP contribution in [0.15, 0.2) is 54.7 Å². The maximum absolute atomic E-state index is 12.0. The zero-order chi connectivity index (χ0) is 19.2. The number of nitrogens with one attached hydrogen (secondary N) is 1. The van der Waals surface area contributed by atoms with Gasteiger partial charge in [0.25, 0.3) is 0 Å². The third-order valence-electron chi connectivity index (χ3n) is 4.22. The van der Waals surface area contributed by atoms with E-state index in [2.05, 4.69) is 10.3 Å². The number of hydrogen-bond donors (Lipinski definition) is 1. The fourth-order valence-corrected chi connectivity index (χ4v) is 2.90. The number of anilines is 1. The third-order valence-corrected chi connectivity index (χ3v) is 4.22. The van der Waals surface area contributed by atoms with E-state index < -0.39 is 0 Å². The second kappa shape index (κ2) is 8.45. The summed E-state index contributed by atoms with van der Waals surface area (Å²) in [6.07, 6.45) is 2.97. The van der Waals surface area contributed by atoms with E-state index in [1.807, 2.05) is 37.3 Å². The maximum Gasteiger partial charge on any atom is 0.224 e. The van der Waals surface area contributed by atoms with E-state index in [4.69, 9.17) is 4.74 Å². The number of carbonyl (C=O) groups excluding carboxylic acids is 2. The van der Waals surface area contributed by atoms with Crippen LogP contribution in [0, 0.1) is 0 Å². The predicted octanol–water partition coefficient (Wildman–Crippen LogP) is 4.76. The van der Waals surface area contributed by atoms with Crippen LogP contribution in [0.4, 0.5) is 5.69 Å². The van der Waals surface area contributed by atoms with E-state index in [-0.39, 0.29) is 11.7 Å². The molecule has 0 radical (unpaired) electrons. The molecule has 1 aromatic heterocycles. The lowest BCUT2D eigenvalue weighted by molar-refractivity contribution is -0.116. The molecule has 2 aromatic carbocycles. The highest BCUT2D eigenvalue weighted by Gasteiger charge is 2.12. The molecule has 3 aromatic rings. The Balaban J connectivity index is 1.81. The highest BCUT2D eigenvalue weighted by Crippen LogP contribution is 2.26. The van der Waals surface area contributed by atoms with Crippen LogP contribution in [0.2, 0.25) is 0 Å². The Morgan fingerprint density at radius 3 is 2.70 bits per heavy atom. The van der Waals surface area contributed by atoms with Gasteiger partial charge in [-0.05, 0) is 37.6 Å². The molecular weight excluding hydrogens is 340 g/mol. The lowest BCUT2D eigenvalue weighted by Gasteiger charge is -2.13. The van der Waals surface area contributed by atoms with Crippen molar-refractivity contribution in [3.05, 3.63) is 65.9 Å². The van der Waals surface area contributed by atoms with E-state index in [1.54, 1.807) is 24.4 Å². The molecule has 0 saturated carbocycles. The van der Waals surface area contributed by atoms with Crippen molar-refractivity contribution in [1.82, 2.24) is 4.98 Å². The summed E-state index contributed by atoms with van der Waals surface area (Å²) in [7, 11) is 0. The largest absolute Gasteiger partial charge is 0.488 e. The fraction of sp³-hybridized carbons (Fsp3) is 0.227. The van der Waals surface area contributed by atoms with Crippen LogP contribution >= 0.6 is 0 Å². The quantitative estimate of drug-likeness (QED) is 0.616. The number of carbonyl (C=O) groups is 2. The number of ether oxygens (including phenoxy) is 1. The molecule has 0 saturated heterocycles. The standard InChI is InChI=1S/C22H22N2O3/c1-3-6-21(26)24-18-10-11-20(19(13-18)15(2)25)27-14-17-8-4-7-16-9-5-12-23-22(16)17/h4-5,7-13H,3,6,14H2,1-2H3,(H,24,26). The first-order valence-electron chi connectivity index (χ1n) is 8.98. The molecule has 0 spiro atoms. The summed E-state index contributed by atoms with van der Waals surface area (Å²) in [6.45, 7) is 3.73. The van der Waals surface area contributed by atoms with Gasteiger partial charge in [0.15, 0.2) is 5.78 Å². The molecular formula is C22H22N2O3. The molecule has 0 atom stereocenters. The van der Waals surface area contributed by atoms with Crippen LogP contribution in [0.5, 0.6) is 5.75 Å². The minimum Gasteiger partial charge on any atom is -0.488 e. The second-order valence-electron chi connectivity index (χ2n) is 6.35. The monoisotopic (exact) mass is 362 g/mol. The number of pyridine rings is 1. The van der Waals surface area contributed by atoms with Crippen molar-refractivity contribution >= 4 is 28.3 Å². The molecule has 0 aliphatic carbocycles. The first-order valence-corrected chi connectivity index (χ1v) is 8.98. The van der Waals surface area contributed by atoms with Gasteiger partial charge in [-0.1, -0.05) is 31.2 Å². The Bertz CT molecular complexity index is 977. The summed E-state index contributed by atoms with van der Waals surface area (Å²) in [5.74, 6) is 0.305. The minimum absolute atomic E-state index is 0.0671. The normalized spacial score (nSPS) is 10.6. The van der Waals surface area contributed by atoms with E-state index in [9.17, 15) is 9.59 Å². The Kier molecular flexibility index (Phi) is 5.81. The predicted molar refractivity (Wildman–Crippen MR) is 106 cm³/mol. The van der Waals surface area contributed by atoms with Crippen molar-refractivity contribution in [2.75, 3.05) is 5.32 Å². The Labute approximate surface area is 158 Å². The Morgan fingerprint density at radius 1 is 1.11 bits per heavy atom. The van der Waals surface area contributed by atoms with E-state index >= 15 is 0 Å². The van der Waals surface area contributed by atoms with Crippen LogP contribution in [0.3, 0.4) is 0 Å². The van der Waals surface area contributed by atoms with Crippen molar-refractivity contribution in [1.29, 1.82) is 0 Å². The summed E-state index contributed by atoms with van der Waals surface area (Å²) in [5, 5.41) is 3.85. The second-order valence-corrected chi connectivity index (χ2v) is 6.35. The highest BCUT2D eigenvalue weighted by molar-refractivity contribution is 5.99. The van der Waals surface area contributed by atoms with Gasteiger partial charge in [0.05, 0.1) is 11.1 Å². The molecule has 27 heavy (non-hydrogen) atoms. The summed E-state index contributed by atoms with van der Waals surface area (Å²) >= 11 is 0. The van der Waals surface area contributed by atoms with E-state index in [0.29, 0.717) is 30.0 Å². The number of amides is 1. The Hall–Kier alpha value is -3.21. The van der Waals surface area contributed by atoms with E-state index in [0.717, 1.165) is 22.9 Å². The molecule has 0 fully saturated rings. The molecule has 1 amide bonds. The van der Waals surface area contributed by atoms with E-state index in [1.165, 1.54) is 6.92 Å². The van der Waals surface area contributed by atoms with Gasteiger partial charge in [-0.3, -0.25) is 14.6 Å². The van der Waals surface area contributed by atoms with Gasteiger partial charge < -0.3 is 10.1 Å². The summed E-state index contributed by atoms with van der Waals surface area (Å²) in [5.41, 5.74) is 2.87. The molecule has 0 unspecified atom stereocenters. The van der Waals surface area contributed by atoms with Crippen molar-refractivity contribution in [3.63, 3.8) is 0 Å².